The van der Waals surface area contributed by atoms with Gasteiger partial charge in [-0.2, -0.15) is 0 Å². The van der Waals surface area contributed by atoms with Crippen LogP contribution in [0, 0.1) is 0 Å². The number of hydrogen-bond donors (Lipinski definition) is 0. The lowest BCUT2D eigenvalue weighted by molar-refractivity contribution is -0.678. The Labute approximate surface area is 42.2 Å². The van der Waals surface area contributed by atoms with Gasteiger partial charge in [0.2, 0.25) is 0 Å². The second-order valence-electron chi connectivity index (χ2n) is 1.21. The lowest BCUT2D eigenvalue weighted by Crippen LogP contribution is -2.42. The second kappa shape index (κ2) is 1.33. The molecule has 0 aliphatic carbocycles. The highest BCUT2D eigenvalue weighted by molar-refractivity contribution is 5.94. The highest BCUT2D eigenvalue weighted by Crippen LogP contribution is 1.55. The molecule has 0 spiro atoms. The van der Waals surface area contributed by atoms with Crippen molar-refractivity contribution in [3.8, 4) is 0 Å². The van der Waals surface area contributed by atoms with Crippen molar-refractivity contribution >= 4 is 7.98 Å². The molecule has 4 nitrogen and oxygen atoms in total. The fourth-order valence-electron chi connectivity index (χ4n) is 0.267. The zero-order valence-electron chi connectivity index (χ0n) is 3.94. The Bertz CT molecular complexity index is 142. The van der Waals surface area contributed by atoms with E-state index in [1.54, 1.807) is 11.7 Å². The maximum absolute atomic E-state index is 5.15. The predicted molar refractivity (Wildman–Crippen MR) is 22.3 cm³/mol. The third-order valence-electron chi connectivity index (χ3n) is 0.685. The molecular weight excluding hydrogens is 90.9 g/mol. The molecule has 1 rings (SSSR count). The van der Waals surface area contributed by atoms with Crippen LogP contribution in [0.15, 0.2) is 6.33 Å². The van der Waals surface area contributed by atoms with Gasteiger partial charge >= 0.3 is 0 Å². The van der Waals surface area contributed by atoms with Gasteiger partial charge in [0, 0.05) is 7.05 Å². The van der Waals surface area contributed by atoms with Gasteiger partial charge in [-0.1, -0.05) is 0 Å². The zero-order valence-corrected chi connectivity index (χ0v) is 3.94. The Balaban J connectivity index is 3.12. The first-order valence-electron chi connectivity index (χ1n) is 1.82. The summed E-state index contributed by atoms with van der Waals surface area (Å²) in [7, 11) is 6.90. The van der Waals surface area contributed by atoms with Crippen LogP contribution in [0.5, 0.6) is 0 Å². The van der Waals surface area contributed by atoms with Crippen LogP contribution < -0.4 is 4.71 Å². The minimum absolute atomic E-state index is 1.14. The molecule has 1 aromatic heterocycles. The lowest BCUT2D eigenvalue weighted by atomic mass is 10.5. The average molecular weight is 94.9 g/mol. The van der Waals surface area contributed by atoms with Gasteiger partial charge in [-0.05, 0) is 0 Å². The third kappa shape index (κ3) is 0.605. The molecule has 0 fully saturated rings. The molecule has 5 heteroatoms. The first-order valence-corrected chi connectivity index (χ1v) is 1.82. The smallest absolute Gasteiger partial charge is 0.267 e. The molecule has 0 unspecified atom stereocenters. The summed E-state index contributed by atoms with van der Waals surface area (Å²) in [5.41, 5.74) is 0. The van der Waals surface area contributed by atoms with E-state index < -0.39 is 0 Å². The van der Waals surface area contributed by atoms with Gasteiger partial charge in [-0.3, -0.25) is 0 Å². The maximum Gasteiger partial charge on any atom is 0.267 e. The SMILES string of the molecule is [B-][n+]1nncn1C. The Hall–Kier alpha value is -0.865. The van der Waals surface area contributed by atoms with Crippen molar-refractivity contribution in [2.45, 2.75) is 0 Å². The van der Waals surface area contributed by atoms with Crippen LogP contribution in [0.25, 0.3) is 0 Å². The molecule has 0 N–H and O–H groups in total. The van der Waals surface area contributed by atoms with Crippen molar-refractivity contribution in [1.82, 2.24) is 15.0 Å². The molecule has 0 atom stereocenters. The van der Waals surface area contributed by atoms with Crippen LogP contribution in [0.2, 0.25) is 0 Å². The van der Waals surface area contributed by atoms with Gasteiger partial charge in [-0.25, -0.2) is 12.7 Å². The van der Waals surface area contributed by atoms with Gasteiger partial charge in [0.25, 0.3) is 6.33 Å². The van der Waals surface area contributed by atoms with E-state index in [-0.39, 0.29) is 0 Å². The highest BCUT2D eigenvalue weighted by atomic mass is 15.6. The summed E-state index contributed by atoms with van der Waals surface area (Å²) >= 11 is 0. The van der Waals surface area contributed by atoms with Crippen molar-refractivity contribution in [2.75, 3.05) is 0 Å². The van der Waals surface area contributed by atoms with E-state index in [4.69, 9.17) is 7.98 Å². The molecule has 0 aliphatic rings. The zero-order chi connectivity index (χ0) is 5.28. The molecule has 0 amide bonds. The normalized spacial score (nSPS) is 9.43. The molecule has 0 aliphatic heterocycles. The molecule has 0 saturated carbocycles. The Morgan fingerprint density at radius 1 is 1.86 bits per heavy atom. The van der Waals surface area contributed by atoms with E-state index in [2.05, 4.69) is 10.3 Å². The summed E-state index contributed by atoms with van der Waals surface area (Å²) in [6.45, 7) is 0. The number of aromatic nitrogens is 4. The molecule has 1 aromatic rings. The van der Waals surface area contributed by atoms with E-state index in [1.165, 1.54) is 6.33 Å². The third-order valence-corrected chi connectivity index (χ3v) is 0.685. The molecule has 0 aromatic carbocycles. The second-order valence-corrected chi connectivity index (χ2v) is 1.21. The fourth-order valence-corrected chi connectivity index (χ4v) is 0.267. The predicted octanol–water partition coefficient (Wildman–Crippen LogP) is -1.97. The molecule has 0 saturated heterocycles. The molecule has 3 radical (unpaired) electrons. The van der Waals surface area contributed by atoms with Crippen molar-refractivity contribution in [3.05, 3.63) is 6.33 Å². The minimum Gasteiger partial charge on any atom is -0.365 e. The quantitative estimate of drug-likeness (QED) is 0.350. The number of hydrogen-bond acceptors (Lipinski definition) is 2. The van der Waals surface area contributed by atoms with E-state index in [0.29, 0.717) is 0 Å². The molecule has 1 heterocycles. The van der Waals surface area contributed by atoms with Gasteiger partial charge in [-0.15, -0.1) is 0 Å². The Morgan fingerprint density at radius 3 is 2.71 bits per heavy atom. The summed E-state index contributed by atoms with van der Waals surface area (Å²) < 4.78 is 2.69. The summed E-state index contributed by atoms with van der Waals surface area (Å²) in [6.07, 6.45) is 1.51. The van der Waals surface area contributed by atoms with E-state index >= 15 is 0 Å². The van der Waals surface area contributed by atoms with Crippen molar-refractivity contribution in [3.63, 3.8) is 0 Å². The summed E-state index contributed by atoms with van der Waals surface area (Å²) in [5, 5.41) is 6.90. The number of tetrazole rings is 1. The largest absolute Gasteiger partial charge is 0.365 e. The van der Waals surface area contributed by atoms with Gasteiger partial charge in [0.1, 0.15) is 0 Å². The van der Waals surface area contributed by atoms with Crippen LogP contribution >= 0.6 is 0 Å². The van der Waals surface area contributed by atoms with Crippen molar-refractivity contribution < 1.29 is 4.71 Å². The maximum atomic E-state index is 5.15. The number of aryl methyl sites for hydroxylation is 1. The standard InChI is InChI=1S/C2H4BN4/c1-6-2-4-5-7(6)3/h2H,1H3. The summed E-state index contributed by atoms with van der Waals surface area (Å²) in [6, 6.07) is 0. The monoisotopic (exact) mass is 95.1 g/mol. The lowest BCUT2D eigenvalue weighted by Gasteiger charge is -1.96. The molecule has 0 bridgehead atoms. The van der Waals surface area contributed by atoms with Crippen LogP contribution in [0.3, 0.4) is 0 Å². The van der Waals surface area contributed by atoms with Crippen molar-refractivity contribution in [1.29, 1.82) is 0 Å². The Kier molecular flexibility index (Phi) is 0.815. The van der Waals surface area contributed by atoms with Gasteiger partial charge < -0.3 is 4.71 Å². The fraction of sp³-hybridized carbons (Fsp3) is 0.500. The average Bonchev–Trinajstić information content (AvgIpc) is 1.91. The Morgan fingerprint density at radius 2 is 2.57 bits per heavy atom. The summed E-state index contributed by atoms with van der Waals surface area (Å²) in [4.78, 5) is 0. The van der Waals surface area contributed by atoms with Crippen molar-refractivity contribution in [2.24, 2.45) is 7.05 Å². The number of rotatable bonds is 0. The molecule has 35 valence electrons. The minimum atomic E-state index is 1.14. The van der Waals surface area contributed by atoms with E-state index in [1.807, 2.05) is 0 Å². The van der Waals surface area contributed by atoms with Crippen LogP contribution in [0.1, 0.15) is 0 Å². The van der Waals surface area contributed by atoms with Crippen LogP contribution in [-0.4, -0.2) is 23.0 Å². The van der Waals surface area contributed by atoms with E-state index in [0.717, 1.165) is 4.71 Å². The topological polar surface area (TPSA) is 34.6 Å². The van der Waals surface area contributed by atoms with Crippen LogP contribution in [0.4, 0.5) is 0 Å². The number of nitrogens with zero attached hydrogens (tertiary/aromatic N) is 4. The van der Waals surface area contributed by atoms with Gasteiger partial charge in [0.05, 0.1) is 10.3 Å². The highest BCUT2D eigenvalue weighted by Gasteiger charge is 1.83. The molecular formula is C2H4BN4. The molecule has 7 heavy (non-hydrogen) atoms. The van der Waals surface area contributed by atoms with Crippen LogP contribution in [-0.2, 0) is 7.05 Å². The summed E-state index contributed by atoms with van der Waals surface area (Å²) in [5.74, 6) is 0. The van der Waals surface area contributed by atoms with E-state index in [9.17, 15) is 0 Å². The first-order chi connectivity index (χ1) is 3.30. The van der Waals surface area contributed by atoms with Gasteiger partial charge in [0.15, 0.2) is 0 Å². The first kappa shape index (κ1) is 4.30.